The molecule has 1 unspecified atom stereocenters. The summed E-state index contributed by atoms with van der Waals surface area (Å²) in [7, 11) is 0. The summed E-state index contributed by atoms with van der Waals surface area (Å²) in [6.45, 7) is 3.05. The van der Waals surface area contributed by atoms with Crippen LogP contribution in [-0.4, -0.2) is 23.6 Å². The van der Waals surface area contributed by atoms with Gasteiger partial charge in [0.2, 0.25) is 0 Å². The molecule has 0 amide bonds. The average Bonchev–Trinajstić information content (AvgIpc) is 3.02. The van der Waals surface area contributed by atoms with Crippen molar-refractivity contribution in [1.29, 1.82) is 0 Å². The minimum Gasteiger partial charge on any atom is -0.497 e. The maximum Gasteiger partial charge on any atom is 0.139 e. The first kappa shape index (κ1) is 18.9. The predicted molar refractivity (Wildman–Crippen MR) is 110 cm³/mol. The van der Waals surface area contributed by atoms with Crippen LogP contribution in [0.2, 0.25) is 0 Å². The van der Waals surface area contributed by atoms with Gasteiger partial charge in [-0.15, -0.1) is 0 Å². The Morgan fingerprint density at radius 3 is 2.79 bits per heavy atom. The molecule has 154 valence electrons. The number of aliphatic hydroxyl groups is 1. The van der Waals surface area contributed by atoms with Crippen molar-refractivity contribution >= 4 is 5.78 Å². The normalized spacial score (nSPS) is 45.4. The topological polar surface area (TPSA) is 46.5 Å². The van der Waals surface area contributed by atoms with E-state index in [4.69, 9.17) is 4.74 Å². The lowest BCUT2D eigenvalue weighted by atomic mass is 9.47. The molecule has 5 aliphatic carbocycles. The molecule has 0 heterocycles. The van der Waals surface area contributed by atoms with Gasteiger partial charge < -0.3 is 9.84 Å². The summed E-state index contributed by atoms with van der Waals surface area (Å²) < 4.78 is 6.50. The van der Waals surface area contributed by atoms with Crippen molar-refractivity contribution in [1.82, 2.24) is 0 Å². The predicted octanol–water partition coefficient (Wildman–Crippen LogP) is 5.33. The highest BCUT2D eigenvalue weighted by molar-refractivity contribution is 5.87. The molecule has 3 saturated carbocycles. The summed E-state index contributed by atoms with van der Waals surface area (Å²) in [5.41, 5.74) is 1.49. The third-order valence-electron chi connectivity index (χ3n) is 9.29. The van der Waals surface area contributed by atoms with E-state index in [1.807, 2.05) is 0 Å². The molecule has 0 spiro atoms. The highest BCUT2D eigenvalue weighted by Gasteiger charge is 2.60. The van der Waals surface area contributed by atoms with E-state index in [0.717, 1.165) is 64.4 Å². The molecule has 0 aliphatic heterocycles. The van der Waals surface area contributed by atoms with Gasteiger partial charge in [0.1, 0.15) is 5.78 Å². The van der Waals surface area contributed by atoms with E-state index in [9.17, 15) is 9.90 Å². The number of carbonyl (C=O) groups excluding carboxylic acids is 1. The number of allylic oxidation sites excluding steroid dienone is 2. The number of ketones is 1. The second-order valence-electron chi connectivity index (χ2n) is 10.5. The molecule has 3 heteroatoms. The molecule has 0 bridgehead atoms. The van der Waals surface area contributed by atoms with Gasteiger partial charge in [0.25, 0.3) is 0 Å². The minimum atomic E-state index is -0.282. The minimum absolute atomic E-state index is 0.0650. The van der Waals surface area contributed by atoms with Crippen molar-refractivity contribution in [2.75, 3.05) is 6.61 Å². The van der Waals surface area contributed by atoms with Gasteiger partial charge >= 0.3 is 0 Å². The summed E-state index contributed by atoms with van der Waals surface area (Å²) in [5.74, 6) is 3.56. The summed E-state index contributed by atoms with van der Waals surface area (Å²) >= 11 is 0. The molecule has 5 aliphatic rings. The van der Waals surface area contributed by atoms with Gasteiger partial charge in [0.15, 0.2) is 0 Å². The molecular formula is C25H36O3. The first-order chi connectivity index (χ1) is 13.5. The molecule has 0 radical (unpaired) electrons. The van der Waals surface area contributed by atoms with Gasteiger partial charge in [-0.1, -0.05) is 18.6 Å². The molecule has 0 aromatic carbocycles. The smallest absolute Gasteiger partial charge is 0.139 e. The fourth-order valence-electron chi connectivity index (χ4n) is 7.71. The van der Waals surface area contributed by atoms with Crippen LogP contribution in [0.1, 0.15) is 84.0 Å². The Kier molecular flexibility index (Phi) is 4.73. The number of ether oxygens (including phenoxy) is 1. The third-order valence-corrected chi connectivity index (χ3v) is 9.29. The van der Waals surface area contributed by atoms with E-state index < -0.39 is 0 Å². The van der Waals surface area contributed by atoms with Crippen LogP contribution in [0.25, 0.3) is 0 Å². The van der Waals surface area contributed by atoms with Crippen molar-refractivity contribution in [2.24, 2.45) is 28.6 Å². The number of rotatable bonds is 3. The monoisotopic (exact) mass is 384 g/mol. The summed E-state index contributed by atoms with van der Waals surface area (Å²) in [5, 5.41) is 10.3. The van der Waals surface area contributed by atoms with Gasteiger partial charge in [-0.3, -0.25) is 4.79 Å². The zero-order chi connectivity index (χ0) is 19.4. The molecule has 1 N–H and O–H groups in total. The van der Waals surface area contributed by atoms with Gasteiger partial charge in [-0.2, -0.15) is 0 Å². The van der Waals surface area contributed by atoms with Gasteiger partial charge in [0, 0.05) is 23.7 Å². The zero-order valence-corrected chi connectivity index (χ0v) is 17.4. The van der Waals surface area contributed by atoms with Crippen LogP contribution in [0.4, 0.5) is 0 Å². The van der Waals surface area contributed by atoms with E-state index in [-0.39, 0.29) is 16.9 Å². The van der Waals surface area contributed by atoms with Crippen LogP contribution in [-0.2, 0) is 9.53 Å². The molecule has 3 nitrogen and oxygen atoms in total. The van der Waals surface area contributed by atoms with Crippen molar-refractivity contribution in [3.63, 3.8) is 0 Å². The second kappa shape index (κ2) is 7.00. The van der Waals surface area contributed by atoms with Gasteiger partial charge in [-0.25, -0.2) is 0 Å². The van der Waals surface area contributed by atoms with Crippen molar-refractivity contribution in [3.8, 4) is 0 Å². The Morgan fingerprint density at radius 2 is 1.96 bits per heavy atom. The standard InChI is InChI=1S/C25H36O3/c1-24-13-12-22-20(21(24)9-10-23(24)27)8-7-17-15-18(26)11-14-25(17,22)16-28-19-5-3-2-4-6-19/h5,15,18,20-22,26H,2-4,6-14,16H2,1H3/t18?,20-,21-,22+,24-,25+/m0/s1. The first-order valence-electron chi connectivity index (χ1n) is 11.8. The molecule has 28 heavy (non-hydrogen) atoms. The van der Waals surface area contributed by atoms with Crippen LogP contribution in [0.3, 0.4) is 0 Å². The van der Waals surface area contributed by atoms with Gasteiger partial charge in [0.05, 0.1) is 18.5 Å². The van der Waals surface area contributed by atoms with E-state index in [1.165, 1.54) is 30.6 Å². The van der Waals surface area contributed by atoms with Crippen molar-refractivity contribution < 1.29 is 14.6 Å². The lowest BCUT2D eigenvalue weighted by Gasteiger charge is -2.58. The molecular weight excluding hydrogens is 348 g/mol. The Hall–Kier alpha value is -1.09. The molecule has 3 fully saturated rings. The van der Waals surface area contributed by atoms with Crippen LogP contribution in [0.15, 0.2) is 23.5 Å². The van der Waals surface area contributed by atoms with Crippen LogP contribution in [0.5, 0.6) is 0 Å². The van der Waals surface area contributed by atoms with Crippen LogP contribution >= 0.6 is 0 Å². The van der Waals surface area contributed by atoms with E-state index in [2.05, 4.69) is 19.1 Å². The number of aliphatic hydroxyl groups excluding tert-OH is 1. The molecule has 5 rings (SSSR count). The zero-order valence-electron chi connectivity index (χ0n) is 17.4. The number of hydrogen-bond acceptors (Lipinski definition) is 3. The van der Waals surface area contributed by atoms with Gasteiger partial charge in [-0.05, 0) is 88.0 Å². The van der Waals surface area contributed by atoms with Crippen molar-refractivity contribution in [3.05, 3.63) is 23.5 Å². The highest BCUT2D eigenvalue weighted by Crippen LogP contribution is 2.64. The number of fused-ring (bicyclic) bond motifs is 5. The highest BCUT2D eigenvalue weighted by atomic mass is 16.5. The largest absolute Gasteiger partial charge is 0.497 e. The molecule has 0 aromatic rings. The molecule has 0 aromatic heterocycles. The van der Waals surface area contributed by atoms with Crippen LogP contribution < -0.4 is 0 Å². The summed E-state index contributed by atoms with van der Waals surface area (Å²) in [4.78, 5) is 12.7. The fourth-order valence-corrected chi connectivity index (χ4v) is 7.71. The SMILES string of the molecule is C[C@]12CC[C@@H]3[C@@H](CCC4=CC(O)CC[C@@]43COC3=CCCCC3)[C@@H]1CCC2=O. The Labute approximate surface area is 169 Å². The Balaban J connectivity index is 1.45. The van der Waals surface area contributed by atoms with E-state index in [1.54, 1.807) is 0 Å². The number of hydrogen-bond donors (Lipinski definition) is 1. The van der Waals surface area contributed by atoms with Crippen molar-refractivity contribution in [2.45, 2.75) is 90.1 Å². The Bertz CT molecular complexity index is 707. The number of carbonyl (C=O) groups is 1. The number of Topliss-reactive ketones (excluding diaryl/α,β-unsaturated/α-hetero) is 1. The lowest BCUT2D eigenvalue weighted by Crippen LogP contribution is -2.53. The third kappa shape index (κ3) is 2.83. The average molecular weight is 385 g/mol. The van der Waals surface area contributed by atoms with E-state index >= 15 is 0 Å². The van der Waals surface area contributed by atoms with E-state index in [0.29, 0.717) is 23.5 Å². The molecule has 6 atom stereocenters. The maximum absolute atomic E-state index is 12.7. The summed E-state index contributed by atoms with van der Waals surface area (Å²) in [6, 6.07) is 0. The molecule has 0 saturated heterocycles. The maximum atomic E-state index is 12.7. The fraction of sp³-hybridized carbons (Fsp3) is 0.800. The second-order valence-corrected chi connectivity index (χ2v) is 10.5. The Morgan fingerprint density at radius 1 is 1.07 bits per heavy atom. The first-order valence-corrected chi connectivity index (χ1v) is 11.8. The summed E-state index contributed by atoms with van der Waals surface area (Å²) in [6.07, 6.45) is 17.2. The van der Waals surface area contributed by atoms with Crippen LogP contribution in [0, 0.1) is 28.6 Å². The quantitative estimate of drug-likeness (QED) is 0.669. The lowest BCUT2D eigenvalue weighted by molar-refractivity contribution is -0.134.